The Morgan fingerprint density at radius 2 is 1.33 bits per heavy atom. The van der Waals surface area contributed by atoms with Gasteiger partial charge < -0.3 is 31.1 Å². The molecule has 0 atom stereocenters. The van der Waals surface area contributed by atoms with Gasteiger partial charge in [-0.15, -0.1) is 0 Å². The molecule has 128 valence electrons. The maximum Gasteiger partial charge on any atom is 0.274 e. The lowest BCUT2D eigenvalue weighted by atomic mass is 10.1. The molecule has 24 heavy (non-hydrogen) atoms. The van der Waals surface area contributed by atoms with E-state index in [4.69, 9.17) is 0 Å². The zero-order valence-corrected chi connectivity index (χ0v) is 14.3. The second-order valence-corrected chi connectivity index (χ2v) is 6.15. The Labute approximate surface area is 146 Å². The maximum atomic E-state index is 11.0. The molecule has 6 N–H and O–H groups in total. The van der Waals surface area contributed by atoms with Crippen LogP contribution in [0.3, 0.4) is 0 Å². The van der Waals surface area contributed by atoms with Crippen LogP contribution in [-0.2, 0) is 16.6 Å². The fourth-order valence-corrected chi connectivity index (χ4v) is 2.32. The Morgan fingerprint density at radius 3 is 1.83 bits per heavy atom. The number of rotatable bonds is 5. The van der Waals surface area contributed by atoms with Gasteiger partial charge in [-0.2, -0.15) is 0 Å². The van der Waals surface area contributed by atoms with Crippen molar-refractivity contribution < 1.29 is 25.2 Å². The van der Waals surface area contributed by atoms with E-state index in [1.165, 1.54) is 36.4 Å². The molecule has 0 radical (unpaired) electrons. The van der Waals surface area contributed by atoms with Crippen LogP contribution in [0.2, 0.25) is 0 Å². The molecule has 0 aliphatic heterocycles. The summed E-state index contributed by atoms with van der Waals surface area (Å²) >= 11 is 3.26. The van der Waals surface area contributed by atoms with Crippen LogP contribution in [0, 0.1) is 0 Å². The number of hydrogen-bond donors (Lipinski definition) is 6. The molecule has 2 aromatic carbocycles. The van der Waals surface area contributed by atoms with Crippen LogP contribution in [0.5, 0.6) is 0 Å². The highest BCUT2D eigenvalue weighted by atomic mass is 79.9. The second-order valence-electron chi connectivity index (χ2n) is 5.23. The summed E-state index contributed by atoms with van der Waals surface area (Å²) in [5.41, 5.74) is 0.574. The van der Waals surface area contributed by atoms with Crippen molar-refractivity contribution >= 4 is 27.5 Å². The molecule has 8 heteroatoms. The molecule has 0 bridgehead atoms. The van der Waals surface area contributed by atoms with E-state index in [1.807, 2.05) is 5.32 Å². The largest absolute Gasteiger partial charge is 0.345 e. The summed E-state index contributed by atoms with van der Waals surface area (Å²) in [5.74, 6) is -5.43. The van der Waals surface area contributed by atoms with E-state index in [-0.39, 0.29) is 11.1 Å². The monoisotopic (exact) mass is 396 g/mol. The van der Waals surface area contributed by atoms with Gasteiger partial charge in [0.1, 0.15) is 0 Å². The SMILES string of the molecule is CC(=O)NC(O)(O)c1ccc(NC(O)(O)c2ccc(Br)cc2)cc1. The van der Waals surface area contributed by atoms with Crippen molar-refractivity contribution in [3.63, 3.8) is 0 Å². The van der Waals surface area contributed by atoms with Crippen LogP contribution in [0.15, 0.2) is 53.0 Å². The van der Waals surface area contributed by atoms with Crippen molar-refractivity contribution in [3.05, 3.63) is 64.1 Å². The number of hydrogen-bond acceptors (Lipinski definition) is 6. The van der Waals surface area contributed by atoms with Crippen molar-refractivity contribution in [1.82, 2.24) is 5.32 Å². The van der Waals surface area contributed by atoms with Gasteiger partial charge in [0.25, 0.3) is 11.8 Å². The number of carbonyl (C=O) groups is 1. The molecule has 2 rings (SSSR count). The van der Waals surface area contributed by atoms with Gasteiger partial charge in [-0.25, -0.2) is 0 Å². The van der Waals surface area contributed by atoms with Gasteiger partial charge in [0.2, 0.25) is 5.91 Å². The van der Waals surface area contributed by atoms with Crippen molar-refractivity contribution in [2.24, 2.45) is 0 Å². The summed E-state index contributed by atoms with van der Waals surface area (Å²) in [7, 11) is 0. The van der Waals surface area contributed by atoms with Gasteiger partial charge in [0, 0.05) is 28.2 Å². The molecule has 0 spiro atoms. The number of amides is 1. The summed E-state index contributed by atoms with van der Waals surface area (Å²) in [6.07, 6.45) is 0. The van der Waals surface area contributed by atoms with E-state index >= 15 is 0 Å². The lowest BCUT2D eigenvalue weighted by molar-refractivity contribution is -0.196. The smallest absolute Gasteiger partial charge is 0.274 e. The van der Waals surface area contributed by atoms with E-state index < -0.39 is 17.7 Å². The van der Waals surface area contributed by atoms with Gasteiger partial charge in [0.05, 0.1) is 0 Å². The highest BCUT2D eigenvalue weighted by molar-refractivity contribution is 9.10. The van der Waals surface area contributed by atoms with Gasteiger partial charge in [-0.1, -0.05) is 28.1 Å². The molecule has 1 amide bonds. The Balaban J connectivity index is 2.16. The predicted octanol–water partition coefficient (Wildman–Crippen LogP) is 0.887. The minimum absolute atomic E-state index is 0.0216. The molecule has 0 fully saturated rings. The van der Waals surface area contributed by atoms with Crippen LogP contribution in [0.25, 0.3) is 0 Å². The maximum absolute atomic E-state index is 11.0. The predicted molar refractivity (Wildman–Crippen MR) is 90.3 cm³/mol. The number of anilines is 1. The fourth-order valence-electron chi connectivity index (χ4n) is 2.06. The molecule has 0 aliphatic rings. The number of halogens is 1. The topological polar surface area (TPSA) is 122 Å². The first kappa shape index (κ1) is 18.4. The number of carbonyl (C=O) groups excluding carboxylic acids is 1. The van der Waals surface area contributed by atoms with Gasteiger partial charge in [-0.05, 0) is 36.4 Å². The second kappa shape index (κ2) is 6.88. The van der Waals surface area contributed by atoms with Crippen molar-refractivity contribution in [1.29, 1.82) is 0 Å². The van der Waals surface area contributed by atoms with E-state index in [2.05, 4.69) is 21.2 Å². The summed E-state index contributed by atoms with van der Waals surface area (Å²) < 4.78 is 0.798. The quantitative estimate of drug-likeness (QED) is 0.417. The van der Waals surface area contributed by atoms with Gasteiger partial charge >= 0.3 is 0 Å². The minimum Gasteiger partial charge on any atom is -0.345 e. The number of nitrogens with one attached hydrogen (secondary N) is 2. The fraction of sp³-hybridized carbons (Fsp3) is 0.188. The van der Waals surface area contributed by atoms with Crippen molar-refractivity contribution in [2.75, 3.05) is 5.32 Å². The molecule has 0 heterocycles. The first-order valence-corrected chi connectivity index (χ1v) is 7.72. The van der Waals surface area contributed by atoms with E-state index in [0.717, 1.165) is 11.4 Å². The normalized spacial score (nSPS) is 11.9. The molecule has 0 saturated heterocycles. The molecule has 0 unspecified atom stereocenters. The summed E-state index contributed by atoms with van der Waals surface area (Å²) in [6, 6.07) is 11.9. The molecule has 0 aromatic heterocycles. The third-order valence-corrected chi connectivity index (χ3v) is 3.73. The Kier molecular flexibility index (Phi) is 5.26. The summed E-state index contributed by atoms with van der Waals surface area (Å²) in [4.78, 5) is 11.0. The number of aliphatic hydroxyl groups is 4. The molecular formula is C16H17BrN2O5. The molecule has 0 saturated carbocycles. The highest BCUT2D eigenvalue weighted by Gasteiger charge is 2.28. The lowest BCUT2D eigenvalue weighted by Crippen LogP contribution is -2.44. The standard InChI is InChI=1S/C16H17BrN2O5/c1-10(20)18-15(21,22)12-4-8-14(9-5-12)19-16(23,24)11-2-6-13(17)7-3-11/h2-9,19,21-24H,1H3,(H,18,20). The van der Waals surface area contributed by atoms with E-state index in [1.54, 1.807) is 12.1 Å². The zero-order chi connectivity index (χ0) is 18.0. The van der Waals surface area contributed by atoms with Gasteiger partial charge in [-0.3, -0.25) is 4.79 Å². The van der Waals surface area contributed by atoms with Gasteiger partial charge in [0.15, 0.2) is 0 Å². The average molecular weight is 397 g/mol. The third-order valence-electron chi connectivity index (χ3n) is 3.20. The average Bonchev–Trinajstić information content (AvgIpc) is 2.46. The van der Waals surface area contributed by atoms with Crippen LogP contribution < -0.4 is 10.6 Å². The van der Waals surface area contributed by atoms with Crippen LogP contribution >= 0.6 is 15.9 Å². The summed E-state index contributed by atoms with van der Waals surface area (Å²) in [6.45, 7) is 1.15. The van der Waals surface area contributed by atoms with Crippen molar-refractivity contribution in [2.45, 2.75) is 18.7 Å². The van der Waals surface area contributed by atoms with E-state index in [9.17, 15) is 25.2 Å². The first-order valence-electron chi connectivity index (χ1n) is 6.93. The molecule has 7 nitrogen and oxygen atoms in total. The molecule has 0 aliphatic carbocycles. The Morgan fingerprint density at radius 1 is 0.875 bits per heavy atom. The first-order chi connectivity index (χ1) is 11.1. The third kappa shape index (κ3) is 4.53. The Bertz CT molecular complexity index is 714. The Hall–Kier alpha value is -1.97. The molecule has 2 aromatic rings. The van der Waals surface area contributed by atoms with E-state index in [0.29, 0.717) is 5.69 Å². The van der Waals surface area contributed by atoms with Crippen LogP contribution in [-0.4, -0.2) is 26.3 Å². The lowest BCUT2D eigenvalue weighted by Gasteiger charge is -2.26. The molecular weight excluding hydrogens is 380 g/mol. The van der Waals surface area contributed by atoms with Crippen molar-refractivity contribution in [3.8, 4) is 0 Å². The number of benzene rings is 2. The van der Waals surface area contributed by atoms with Crippen LogP contribution in [0.1, 0.15) is 18.1 Å². The minimum atomic E-state index is -2.51. The highest BCUT2D eigenvalue weighted by Crippen LogP contribution is 2.24. The summed E-state index contributed by atoms with van der Waals surface area (Å²) in [5, 5.41) is 44.4. The van der Waals surface area contributed by atoms with Crippen LogP contribution in [0.4, 0.5) is 5.69 Å². The zero-order valence-electron chi connectivity index (χ0n) is 12.7.